The highest BCUT2D eigenvalue weighted by Crippen LogP contribution is 2.22. The van der Waals surface area contributed by atoms with E-state index in [4.69, 9.17) is 16.3 Å². The number of aromatic nitrogens is 2. The van der Waals surface area contributed by atoms with Crippen molar-refractivity contribution in [1.82, 2.24) is 9.78 Å². The summed E-state index contributed by atoms with van der Waals surface area (Å²) in [4.78, 5) is 26.6. The topological polar surface area (TPSA) is 73.2 Å². The van der Waals surface area contributed by atoms with Gasteiger partial charge in [-0.3, -0.25) is 9.59 Å². The first-order valence-corrected chi connectivity index (χ1v) is 11.1. The summed E-state index contributed by atoms with van der Waals surface area (Å²) in [5, 5.41) is 7.92. The normalized spacial score (nSPS) is 11.8. The number of anilines is 1. The van der Waals surface area contributed by atoms with Crippen molar-refractivity contribution >= 4 is 23.2 Å². The van der Waals surface area contributed by atoms with Crippen LogP contribution >= 0.6 is 11.6 Å². The molecular weight excluding hydrogens is 426 g/mol. The Morgan fingerprint density at radius 3 is 2.56 bits per heavy atom. The molecule has 2 aromatic carbocycles. The maximum atomic E-state index is 13.4. The summed E-state index contributed by atoms with van der Waals surface area (Å²) in [7, 11) is 1.61. The van der Waals surface area contributed by atoms with E-state index in [1.54, 1.807) is 37.4 Å². The summed E-state index contributed by atoms with van der Waals surface area (Å²) in [6.07, 6.45) is 2.61. The number of aryl methyl sites for hydroxylation is 1. The van der Waals surface area contributed by atoms with Crippen LogP contribution in [0.1, 0.15) is 49.0 Å². The second kappa shape index (κ2) is 11.0. The van der Waals surface area contributed by atoms with Gasteiger partial charge in [0.15, 0.2) is 0 Å². The molecule has 1 heterocycles. The third-order valence-electron chi connectivity index (χ3n) is 5.25. The number of methoxy groups -OCH3 is 1. The largest absolute Gasteiger partial charge is 0.496 e. The van der Waals surface area contributed by atoms with E-state index in [0.717, 1.165) is 24.2 Å². The number of hydrogen-bond acceptors (Lipinski definition) is 4. The van der Waals surface area contributed by atoms with Crippen LogP contribution in [0.4, 0.5) is 5.69 Å². The van der Waals surface area contributed by atoms with Crippen molar-refractivity contribution in [3.05, 3.63) is 86.8 Å². The van der Waals surface area contributed by atoms with E-state index in [2.05, 4.69) is 10.4 Å². The van der Waals surface area contributed by atoms with Crippen LogP contribution in [0.3, 0.4) is 0 Å². The Bertz CT molecular complexity index is 1130. The lowest BCUT2D eigenvalue weighted by atomic mass is 10.0. The van der Waals surface area contributed by atoms with Crippen LogP contribution in [0, 0.1) is 6.92 Å². The molecule has 1 aromatic heterocycles. The van der Waals surface area contributed by atoms with Crippen LogP contribution in [0.5, 0.6) is 5.75 Å². The molecular formula is C25H28ClN3O3. The number of hydrogen-bond donors (Lipinski definition) is 1. The summed E-state index contributed by atoms with van der Waals surface area (Å²) >= 11 is 5.94. The number of nitrogens with one attached hydrogen (secondary N) is 1. The Labute approximate surface area is 193 Å². The van der Waals surface area contributed by atoms with E-state index < -0.39 is 6.04 Å². The van der Waals surface area contributed by atoms with Gasteiger partial charge in [0.25, 0.3) is 5.56 Å². The molecule has 0 saturated carbocycles. The molecule has 168 valence electrons. The van der Waals surface area contributed by atoms with Gasteiger partial charge in [-0.15, -0.1) is 0 Å². The van der Waals surface area contributed by atoms with Crippen LogP contribution in [0.2, 0.25) is 5.02 Å². The van der Waals surface area contributed by atoms with Gasteiger partial charge in [-0.2, -0.15) is 5.10 Å². The number of amides is 1. The van der Waals surface area contributed by atoms with Gasteiger partial charge >= 0.3 is 0 Å². The molecule has 32 heavy (non-hydrogen) atoms. The number of unbranched alkanes of at least 4 members (excludes halogenated alkanes) is 1. The number of nitrogens with zero attached hydrogens (tertiary/aromatic N) is 2. The molecule has 0 fully saturated rings. The van der Waals surface area contributed by atoms with Gasteiger partial charge in [-0.25, -0.2) is 4.68 Å². The molecule has 1 N–H and O–H groups in total. The predicted octanol–water partition coefficient (Wildman–Crippen LogP) is 5.17. The molecule has 7 heteroatoms. The summed E-state index contributed by atoms with van der Waals surface area (Å²) in [5.41, 5.74) is 2.50. The molecule has 0 aliphatic carbocycles. The average molecular weight is 454 g/mol. The SMILES string of the molecule is CCCCC(C(=O)Nc1ccc(Cl)cc1)n1nc(C)cc(Cc2ccccc2OC)c1=O. The molecule has 1 unspecified atom stereocenters. The van der Waals surface area contributed by atoms with Crippen LogP contribution in [0.15, 0.2) is 59.4 Å². The van der Waals surface area contributed by atoms with Crippen molar-refractivity contribution in [1.29, 1.82) is 0 Å². The minimum atomic E-state index is -0.713. The summed E-state index contributed by atoms with van der Waals surface area (Å²) in [6, 6.07) is 15.5. The minimum Gasteiger partial charge on any atom is -0.496 e. The van der Waals surface area contributed by atoms with Crippen molar-refractivity contribution in [2.75, 3.05) is 12.4 Å². The summed E-state index contributed by atoms with van der Waals surface area (Å²) < 4.78 is 6.77. The van der Waals surface area contributed by atoms with Crippen LogP contribution in [-0.2, 0) is 11.2 Å². The molecule has 6 nitrogen and oxygen atoms in total. The second-order valence-electron chi connectivity index (χ2n) is 7.70. The van der Waals surface area contributed by atoms with Gasteiger partial charge in [0, 0.05) is 22.7 Å². The highest BCUT2D eigenvalue weighted by molar-refractivity contribution is 6.30. The number of ether oxygens (including phenoxy) is 1. The van der Waals surface area contributed by atoms with E-state index in [9.17, 15) is 9.59 Å². The van der Waals surface area contributed by atoms with Crippen LogP contribution in [0.25, 0.3) is 0 Å². The lowest BCUT2D eigenvalue weighted by Crippen LogP contribution is -2.37. The van der Waals surface area contributed by atoms with Crippen LogP contribution in [-0.4, -0.2) is 22.8 Å². The molecule has 3 rings (SSSR count). The van der Waals surface area contributed by atoms with Crippen LogP contribution < -0.4 is 15.6 Å². The maximum absolute atomic E-state index is 13.4. The molecule has 3 aromatic rings. The van der Waals surface area contributed by atoms with E-state index >= 15 is 0 Å². The lowest BCUT2D eigenvalue weighted by Gasteiger charge is -2.20. The number of para-hydroxylation sites is 1. The zero-order valence-corrected chi connectivity index (χ0v) is 19.4. The maximum Gasteiger partial charge on any atom is 0.271 e. The number of rotatable bonds is 9. The fourth-order valence-corrected chi connectivity index (χ4v) is 3.74. The molecule has 0 bridgehead atoms. The first kappa shape index (κ1) is 23.5. The quantitative estimate of drug-likeness (QED) is 0.484. The van der Waals surface area contributed by atoms with E-state index in [1.807, 2.05) is 38.1 Å². The Hall–Kier alpha value is -3.12. The first-order chi connectivity index (χ1) is 15.4. The van der Waals surface area contributed by atoms with Crippen molar-refractivity contribution in [2.45, 2.75) is 45.6 Å². The summed E-state index contributed by atoms with van der Waals surface area (Å²) in [5.74, 6) is 0.445. The summed E-state index contributed by atoms with van der Waals surface area (Å²) in [6.45, 7) is 3.88. The van der Waals surface area contributed by atoms with Crippen molar-refractivity contribution in [2.24, 2.45) is 0 Å². The Balaban J connectivity index is 1.96. The van der Waals surface area contributed by atoms with E-state index in [-0.39, 0.29) is 11.5 Å². The van der Waals surface area contributed by atoms with Gasteiger partial charge in [0.05, 0.1) is 12.8 Å². The molecule has 0 saturated heterocycles. The number of carbonyl (C=O) groups is 1. The third-order valence-corrected chi connectivity index (χ3v) is 5.50. The molecule has 0 radical (unpaired) electrons. The van der Waals surface area contributed by atoms with Gasteiger partial charge < -0.3 is 10.1 Å². The second-order valence-corrected chi connectivity index (χ2v) is 8.14. The Morgan fingerprint density at radius 1 is 1.16 bits per heavy atom. The van der Waals surface area contributed by atoms with Gasteiger partial charge in [-0.1, -0.05) is 49.6 Å². The van der Waals surface area contributed by atoms with Crippen molar-refractivity contribution in [3.8, 4) is 5.75 Å². The van der Waals surface area contributed by atoms with Crippen molar-refractivity contribution in [3.63, 3.8) is 0 Å². The number of halogens is 1. The highest BCUT2D eigenvalue weighted by atomic mass is 35.5. The van der Waals surface area contributed by atoms with E-state index in [1.165, 1.54) is 4.68 Å². The van der Waals surface area contributed by atoms with E-state index in [0.29, 0.717) is 34.8 Å². The standard InChI is InChI=1S/C25H28ClN3O3/c1-4-5-9-22(24(30)27-21-13-11-20(26)12-14-21)29-25(31)19(15-17(2)28-29)16-18-8-6-7-10-23(18)32-3/h6-8,10-15,22H,4-5,9,16H2,1-3H3,(H,27,30). The van der Waals surface area contributed by atoms with Gasteiger partial charge in [0.1, 0.15) is 11.8 Å². The fraction of sp³-hybridized carbons (Fsp3) is 0.320. The molecule has 1 amide bonds. The first-order valence-electron chi connectivity index (χ1n) is 10.7. The Morgan fingerprint density at radius 2 is 1.88 bits per heavy atom. The van der Waals surface area contributed by atoms with Crippen molar-refractivity contribution < 1.29 is 9.53 Å². The number of carbonyl (C=O) groups excluding carboxylic acids is 1. The Kier molecular flexibility index (Phi) is 8.06. The molecule has 0 aliphatic heterocycles. The molecule has 0 spiro atoms. The fourth-order valence-electron chi connectivity index (χ4n) is 3.62. The zero-order valence-electron chi connectivity index (χ0n) is 18.6. The van der Waals surface area contributed by atoms with Gasteiger partial charge in [-0.05, 0) is 55.3 Å². The smallest absolute Gasteiger partial charge is 0.271 e. The van der Waals surface area contributed by atoms with Gasteiger partial charge in [0.2, 0.25) is 5.91 Å². The molecule has 1 atom stereocenters. The zero-order chi connectivity index (χ0) is 23.1. The minimum absolute atomic E-state index is 0.270. The third kappa shape index (κ3) is 5.77. The highest BCUT2D eigenvalue weighted by Gasteiger charge is 2.24. The monoisotopic (exact) mass is 453 g/mol. The lowest BCUT2D eigenvalue weighted by molar-refractivity contribution is -0.119. The average Bonchev–Trinajstić information content (AvgIpc) is 2.78. The molecule has 0 aliphatic rings. The number of benzene rings is 2. The predicted molar refractivity (Wildman–Crippen MR) is 128 cm³/mol.